The van der Waals surface area contributed by atoms with Crippen LogP contribution in [0.4, 0.5) is 4.79 Å². The summed E-state index contributed by atoms with van der Waals surface area (Å²) >= 11 is 0. The van der Waals surface area contributed by atoms with E-state index in [1.54, 1.807) is 6.92 Å². The van der Waals surface area contributed by atoms with Crippen LogP contribution in [0.15, 0.2) is 0 Å². The summed E-state index contributed by atoms with van der Waals surface area (Å²) < 4.78 is 5.27. The summed E-state index contributed by atoms with van der Waals surface area (Å²) in [5.74, 6) is 0. The van der Waals surface area contributed by atoms with Crippen LogP contribution in [0.25, 0.3) is 0 Å². The zero-order chi connectivity index (χ0) is 13.6. The number of nitrogens with two attached hydrogens (primary N) is 1. The molecule has 0 aromatic rings. The zero-order valence-electron chi connectivity index (χ0n) is 11.6. The number of aliphatic hydroxyl groups excluding tert-OH is 1. The molecule has 2 atom stereocenters. The van der Waals surface area contributed by atoms with Gasteiger partial charge in [-0.2, -0.15) is 0 Å². The van der Waals surface area contributed by atoms with Gasteiger partial charge in [0.25, 0.3) is 0 Å². The van der Waals surface area contributed by atoms with Crippen molar-refractivity contribution in [2.45, 2.75) is 58.8 Å². The number of nitrogens with zero attached hydrogens (tertiary/aromatic N) is 1. The number of amides is 1. The smallest absolute Gasteiger partial charge is 0.410 e. The molecule has 0 bridgehead atoms. The first kappa shape index (κ1) is 16.2. The van der Waals surface area contributed by atoms with E-state index in [-0.39, 0.29) is 12.6 Å². The van der Waals surface area contributed by atoms with Crippen molar-refractivity contribution in [1.82, 2.24) is 4.90 Å². The van der Waals surface area contributed by atoms with Crippen LogP contribution in [0.1, 0.15) is 41.0 Å². The lowest BCUT2D eigenvalue weighted by atomic mass is 10.2. The molecule has 0 aliphatic rings. The Morgan fingerprint density at radius 1 is 1.41 bits per heavy atom. The fourth-order valence-electron chi connectivity index (χ4n) is 1.26. The largest absolute Gasteiger partial charge is 0.444 e. The van der Waals surface area contributed by atoms with Gasteiger partial charge >= 0.3 is 6.09 Å². The van der Waals surface area contributed by atoms with E-state index in [2.05, 4.69) is 0 Å². The molecule has 0 spiro atoms. The molecule has 0 saturated carbocycles. The summed E-state index contributed by atoms with van der Waals surface area (Å²) in [5, 5.41) is 9.35. The van der Waals surface area contributed by atoms with Crippen LogP contribution in [0.2, 0.25) is 0 Å². The first-order chi connectivity index (χ1) is 7.61. The normalized spacial score (nSPS) is 15.2. The molecule has 0 radical (unpaired) electrons. The number of hydrogen-bond acceptors (Lipinski definition) is 4. The van der Waals surface area contributed by atoms with Crippen molar-refractivity contribution in [2.24, 2.45) is 5.73 Å². The molecule has 0 aromatic carbocycles. The predicted octanol–water partition coefficient (Wildman–Crippen LogP) is 1.34. The Kier molecular flexibility index (Phi) is 6.49. The van der Waals surface area contributed by atoms with Crippen molar-refractivity contribution < 1.29 is 14.6 Å². The third-order valence-electron chi connectivity index (χ3n) is 1.99. The minimum Gasteiger partial charge on any atom is -0.444 e. The summed E-state index contributed by atoms with van der Waals surface area (Å²) in [6.07, 6.45) is -0.291. The Morgan fingerprint density at radius 3 is 2.29 bits per heavy atom. The van der Waals surface area contributed by atoms with Gasteiger partial charge in [-0.3, -0.25) is 0 Å². The second kappa shape index (κ2) is 6.81. The predicted molar refractivity (Wildman–Crippen MR) is 67.8 cm³/mol. The molecule has 17 heavy (non-hydrogen) atoms. The molecule has 0 fully saturated rings. The number of aliphatic hydroxyl groups is 1. The van der Waals surface area contributed by atoms with Crippen molar-refractivity contribution in [3.8, 4) is 0 Å². The van der Waals surface area contributed by atoms with Gasteiger partial charge in [0.15, 0.2) is 0 Å². The van der Waals surface area contributed by atoms with Gasteiger partial charge in [0.2, 0.25) is 0 Å². The zero-order valence-corrected chi connectivity index (χ0v) is 11.6. The molecule has 0 saturated heterocycles. The number of carbonyl (C=O) groups excluding carboxylic acids is 1. The van der Waals surface area contributed by atoms with Crippen LogP contribution in [-0.4, -0.2) is 46.9 Å². The quantitative estimate of drug-likeness (QED) is 0.767. The Balaban J connectivity index is 4.40. The van der Waals surface area contributed by atoms with Crippen molar-refractivity contribution in [3.63, 3.8) is 0 Å². The summed E-state index contributed by atoms with van der Waals surface area (Å²) in [5.41, 5.74) is 5.13. The third kappa shape index (κ3) is 8.94. The average Bonchev–Trinajstić information content (AvgIpc) is 2.08. The van der Waals surface area contributed by atoms with E-state index in [1.807, 2.05) is 27.7 Å². The highest BCUT2D eigenvalue weighted by atomic mass is 16.6. The van der Waals surface area contributed by atoms with Crippen LogP contribution in [0.3, 0.4) is 0 Å². The second-order valence-corrected chi connectivity index (χ2v) is 5.54. The Labute approximate surface area is 104 Å². The molecule has 0 heterocycles. The Hall–Kier alpha value is -0.810. The second-order valence-electron chi connectivity index (χ2n) is 5.54. The van der Waals surface area contributed by atoms with E-state index in [1.165, 1.54) is 4.90 Å². The molecular formula is C12H26N2O3. The highest BCUT2D eigenvalue weighted by Crippen LogP contribution is 2.11. The molecule has 5 heteroatoms. The van der Waals surface area contributed by atoms with Crippen LogP contribution in [0, 0.1) is 0 Å². The highest BCUT2D eigenvalue weighted by molar-refractivity contribution is 5.68. The fourth-order valence-corrected chi connectivity index (χ4v) is 1.26. The summed E-state index contributed by atoms with van der Waals surface area (Å²) in [6, 6.07) is 0.0222. The van der Waals surface area contributed by atoms with E-state index in [0.29, 0.717) is 13.0 Å². The van der Waals surface area contributed by atoms with Gasteiger partial charge in [-0.25, -0.2) is 4.79 Å². The molecule has 1 amide bonds. The number of carbonyl (C=O) groups is 1. The molecule has 0 aromatic heterocycles. The Morgan fingerprint density at radius 2 is 1.94 bits per heavy atom. The van der Waals surface area contributed by atoms with Crippen molar-refractivity contribution >= 4 is 6.09 Å². The van der Waals surface area contributed by atoms with Gasteiger partial charge in [0.1, 0.15) is 5.60 Å². The van der Waals surface area contributed by atoms with Crippen LogP contribution >= 0.6 is 0 Å². The molecular weight excluding hydrogens is 220 g/mol. The summed E-state index contributed by atoms with van der Waals surface area (Å²) in [6.45, 7) is 9.74. The average molecular weight is 246 g/mol. The van der Waals surface area contributed by atoms with Crippen molar-refractivity contribution in [1.29, 1.82) is 0 Å². The maximum Gasteiger partial charge on any atom is 0.410 e. The first-order valence-electron chi connectivity index (χ1n) is 6.03. The van der Waals surface area contributed by atoms with Gasteiger partial charge in [-0.05, 0) is 41.0 Å². The molecule has 0 rings (SSSR count). The van der Waals surface area contributed by atoms with Crippen molar-refractivity contribution in [2.75, 3.05) is 13.1 Å². The molecule has 0 unspecified atom stereocenters. The molecule has 5 nitrogen and oxygen atoms in total. The number of hydrogen-bond donors (Lipinski definition) is 2. The first-order valence-corrected chi connectivity index (χ1v) is 6.03. The molecule has 102 valence electrons. The minimum atomic E-state index is -0.574. The molecule has 3 N–H and O–H groups in total. The Bertz CT molecular complexity index is 234. The van der Waals surface area contributed by atoms with E-state index in [9.17, 15) is 9.90 Å². The van der Waals surface area contributed by atoms with Gasteiger partial charge in [-0.1, -0.05) is 0 Å². The van der Waals surface area contributed by atoms with Gasteiger partial charge < -0.3 is 20.5 Å². The van der Waals surface area contributed by atoms with Crippen LogP contribution < -0.4 is 5.73 Å². The molecule has 0 aliphatic heterocycles. The van der Waals surface area contributed by atoms with E-state index < -0.39 is 17.8 Å². The summed E-state index contributed by atoms with van der Waals surface area (Å²) in [7, 11) is 0. The lowest BCUT2D eigenvalue weighted by Crippen LogP contribution is -2.42. The van der Waals surface area contributed by atoms with E-state index in [0.717, 1.165) is 0 Å². The lowest BCUT2D eigenvalue weighted by Gasteiger charge is -2.28. The monoisotopic (exact) mass is 246 g/mol. The van der Waals surface area contributed by atoms with E-state index in [4.69, 9.17) is 10.5 Å². The number of rotatable bonds is 5. The van der Waals surface area contributed by atoms with E-state index >= 15 is 0 Å². The number of ether oxygens (including phenoxy) is 1. The van der Waals surface area contributed by atoms with Gasteiger partial charge in [0.05, 0.1) is 6.10 Å². The highest BCUT2D eigenvalue weighted by Gasteiger charge is 2.22. The summed E-state index contributed by atoms with van der Waals surface area (Å²) in [4.78, 5) is 13.4. The fraction of sp³-hybridized carbons (Fsp3) is 0.917. The van der Waals surface area contributed by atoms with Gasteiger partial charge in [0, 0.05) is 19.1 Å². The van der Waals surface area contributed by atoms with Crippen LogP contribution in [-0.2, 0) is 4.74 Å². The SMILES string of the molecule is C[C@H](O)CN(CC[C@@H](C)N)C(=O)OC(C)(C)C. The minimum absolute atomic E-state index is 0.0222. The molecule has 0 aliphatic carbocycles. The van der Waals surface area contributed by atoms with Crippen LogP contribution in [0.5, 0.6) is 0 Å². The standard InChI is InChI=1S/C12H26N2O3/c1-9(13)6-7-14(8-10(2)15)11(16)17-12(3,4)5/h9-10,15H,6-8,13H2,1-5H3/t9-,10+/m1/s1. The maximum atomic E-state index is 11.9. The lowest BCUT2D eigenvalue weighted by molar-refractivity contribution is 0.0157. The van der Waals surface area contributed by atoms with Crippen molar-refractivity contribution in [3.05, 3.63) is 0 Å². The topological polar surface area (TPSA) is 75.8 Å². The van der Waals surface area contributed by atoms with Gasteiger partial charge in [-0.15, -0.1) is 0 Å². The third-order valence-corrected chi connectivity index (χ3v) is 1.99. The maximum absolute atomic E-state index is 11.9.